The fourth-order valence-corrected chi connectivity index (χ4v) is 3.04. The number of rotatable bonds is 4. The summed E-state index contributed by atoms with van der Waals surface area (Å²) in [6.45, 7) is 0. The molecule has 3 nitrogen and oxygen atoms in total. The van der Waals surface area contributed by atoms with Gasteiger partial charge in [0.15, 0.2) is 9.84 Å². The standard InChI is InChI=1S/C11H15NO2S/c12-10-2-1-3-11(8-10)15(13,14)7-6-9-4-5-9/h1-3,8-9H,4-7,12H2. The Kier molecular flexibility index (Phi) is 2.69. The highest BCUT2D eigenvalue weighted by atomic mass is 32.2. The number of nitrogen functional groups attached to an aromatic ring is 1. The fraction of sp³-hybridized carbons (Fsp3) is 0.455. The molecule has 1 saturated carbocycles. The smallest absolute Gasteiger partial charge is 0.178 e. The van der Waals surface area contributed by atoms with Gasteiger partial charge in [-0.05, 0) is 30.5 Å². The summed E-state index contributed by atoms with van der Waals surface area (Å²) in [4.78, 5) is 0.350. The van der Waals surface area contributed by atoms with E-state index in [1.165, 1.54) is 18.9 Å². The Morgan fingerprint density at radius 2 is 2.07 bits per heavy atom. The lowest BCUT2D eigenvalue weighted by molar-refractivity contribution is 0.590. The van der Waals surface area contributed by atoms with E-state index in [0.29, 0.717) is 16.5 Å². The first-order valence-corrected chi connectivity index (χ1v) is 6.81. The van der Waals surface area contributed by atoms with E-state index in [-0.39, 0.29) is 5.75 Å². The van der Waals surface area contributed by atoms with Crippen molar-refractivity contribution in [3.05, 3.63) is 24.3 Å². The minimum Gasteiger partial charge on any atom is -0.399 e. The van der Waals surface area contributed by atoms with Crippen LogP contribution in [0.1, 0.15) is 19.3 Å². The molecule has 2 N–H and O–H groups in total. The summed E-state index contributed by atoms with van der Waals surface area (Å²) in [6, 6.07) is 6.51. The number of anilines is 1. The highest BCUT2D eigenvalue weighted by Gasteiger charge is 2.24. The predicted molar refractivity (Wildman–Crippen MR) is 60.2 cm³/mol. The molecule has 0 radical (unpaired) electrons. The molecule has 1 aromatic carbocycles. The molecule has 1 fully saturated rings. The van der Waals surface area contributed by atoms with Crippen LogP contribution in [0.25, 0.3) is 0 Å². The van der Waals surface area contributed by atoms with Crippen LogP contribution in [0.15, 0.2) is 29.2 Å². The van der Waals surface area contributed by atoms with E-state index in [1.54, 1.807) is 18.2 Å². The molecule has 0 spiro atoms. The number of hydrogen-bond donors (Lipinski definition) is 1. The minimum absolute atomic E-state index is 0.251. The van der Waals surface area contributed by atoms with Crippen LogP contribution in [0.3, 0.4) is 0 Å². The number of benzene rings is 1. The van der Waals surface area contributed by atoms with Crippen LogP contribution in [0.4, 0.5) is 5.69 Å². The fourth-order valence-electron chi connectivity index (χ4n) is 1.55. The molecular formula is C11H15NO2S. The monoisotopic (exact) mass is 225 g/mol. The van der Waals surface area contributed by atoms with E-state index in [9.17, 15) is 8.42 Å². The van der Waals surface area contributed by atoms with Gasteiger partial charge < -0.3 is 5.73 Å². The molecule has 1 aliphatic carbocycles. The lowest BCUT2D eigenvalue weighted by Gasteiger charge is -2.04. The van der Waals surface area contributed by atoms with E-state index in [0.717, 1.165) is 6.42 Å². The topological polar surface area (TPSA) is 60.2 Å². The predicted octanol–water partition coefficient (Wildman–Crippen LogP) is 1.84. The lowest BCUT2D eigenvalue weighted by Crippen LogP contribution is -2.07. The molecule has 0 saturated heterocycles. The van der Waals surface area contributed by atoms with Crippen LogP contribution < -0.4 is 5.73 Å². The SMILES string of the molecule is Nc1cccc(S(=O)(=O)CCC2CC2)c1. The van der Waals surface area contributed by atoms with Crippen LogP contribution in [-0.4, -0.2) is 14.2 Å². The Bertz CT molecular complexity index is 449. The second-order valence-corrected chi connectivity index (χ2v) is 6.23. The summed E-state index contributed by atoms with van der Waals surface area (Å²) in [5.74, 6) is 0.891. The van der Waals surface area contributed by atoms with Gasteiger partial charge in [-0.3, -0.25) is 0 Å². The van der Waals surface area contributed by atoms with Crippen molar-refractivity contribution in [1.82, 2.24) is 0 Å². The molecule has 0 unspecified atom stereocenters. The second kappa shape index (κ2) is 3.85. The van der Waals surface area contributed by atoms with Gasteiger partial charge in [0, 0.05) is 5.69 Å². The second-order valence-electron chi connectivity index (χ2n) is 4.12. The minimum atomic E-state index is -3.12. The summed E-state index contributed by atoms with van der Waals surface area (Å²) < 4.78 is 23.7. The molecule has 1 aromatic rings. The zero-order chi connectivity index (χ0) is 10.9. The molecule has 0 aliphatic heterocycles. The number of sulfone groups is 1. The maximum Gasteiger partial charge on any atom is 0.178 e. The van der Waals surface area contributed by atoms with Crippen molar-refractivity contribution in [2.45, 2.75) is 24.2 Å². The van der Waals surface area contributed by atoms with Gasteiger partial charge in [0.05, 0.1) is 10.6 Å². The molecule has 2 rings (SSSR count). The van der Waals surface area contributed by atoms with Crippen molar-refractivity contribution in [2.75, 3.05) is 11.5 Å². The average molecular weight is 225 g/mol. The third-order valence-electron chi connectivity index (χ3n) is 2.71. The highest BCUT2D eigenvalue weighted by molar-refractivity contribution is 7.91. The first-order valence-electron chi connectivity index (χ1n) is 5.16. The quantitative estimate of drug-likeness (QED) is 0.795. The normalized spacial score (nSPS) is 16.5. The summed E-state index contributed by atoms with van der Waals surface area (Å²) in [6.07, 6.45) is 3.16. The zero-order valence-corrected chi connectivity index (χ0v) is 9.33. The molecule has 0 bridgehead atoms. The Balaban J connectivity index is 2.12. The summed E-state index contributed by atoms with van der Waals surface area (Å²) in [5, 5.41) is 0. The molecule has 0 amide bonds. The van der Waals surface area contributed by atoms with Crippen LogP contribution in [0.5, 0.6) is 0 Å². The largest absolute Gasteiger partial charge is 0.399 e. The maximum atomic E-state index is 11.9. The maximum absolute atomic E-state index is 11.9. The van der Waals surface area contributed by atoms with Crippen LogP contribution in [-0.2, 0) is 9.84 Å². The zero-order valence-electron chi connectivity index (χ0n) is 8.52. The summed E-state index contributed by atoms with van der Waals surface area (Å²) >= 11 is 0. The summed E-state index contributed by atoms with van der Waals surface area (Å²) in [5.41, 5.74) is 6.06. The van der Waals surface area contributed by atoms with Crippen molar-refractivity contribution >= 4 is 15.5 Å². The molecule has 15 heavy (non-hydrogen) atoms. The van der Waals surface area contributed by atoms with E-state index in [1.807, 2.05) is 0 Å². The number of hydrogen-bond acceptors (Lipinski definition) is 3. The molecule has 82 valence electrons. The van der Waals surface area contributed by atoms with Gasteiger partial charge in [-0.1, -0.05) is 18.9 Å². The van der Waals surface area contributed by atoms with Crippen molar-refractivity contribution in [2.24, 2.45) is 5.92 Å². The van der Waals surface area contributed by atoms with Crippen molar-refractivity contribution in [3.8, 4) is 0 Å². The molecule has 0 heterocycles. The Morgan fingerprint density at radius 1 is 1.33 bits per heavy atom. The third-order valence-corrected chi connectivity index (χ3v) is 4.45. The highest BCUT2D eigenvalue weighted by Crippen LogP contribution is 2.33. The summed E-state index contributed by atoms with van der Waals surface area (Å²) in [7, 11) is -3.12. The first kappa shape index (κ1) is 10.5. The van der Waals surface area contributed by atoms with Gasteiger partial charge in [-0.2, -0.15) is 0 Å². The molecule has 4 heteroatoms. The van der Waals surface area contributed by atoms with Gasteiger partial charge in [0.1, 0.15) is 0 Å². The van der Waals surface area contributed by atoms with Crippen molar-refractivity contribution < 1.29 is 8.42 Å². The lowest BCUT2D eigenvalue weighted by atomic mass is 10.3. The molecule has 0 aromatic heterocycles. The van der Waals surface area contributed by atoms with Crippen LogP contribution >= 0.6 is 0 Å². The molecule has 1 aliphatic rings. The molecular weight excluding hydrogens is 210 g/mol. The van der Waals surface area contributed by atoms with Gasteiger partial charge in [-0.25, -0.2) is 8.42 Å². The van der Waals surface area contributed by atoms with E-state index in [2.05, 4.69) is 0 Å². The van der Waals surface area contributed by atoms with E-state index < -0.39 is 9.84 Å². The van der Waals surface area contributed by atoms with E-state index >= 15 is 0 Å². The van der Waals surface area contributed by atoms with Crippen molar-refractivity contribution in [3.63, 3.8) is 0 Å². The number of nitrogens with two attached hydrogens (primary N) is 1. The van der Waals surface area contributed by atoms with Gasteiger partial charge in [-0.15, -0.1) is 0 Å². The Morgan fingerprint density at radius 3 is 2.67 bits per heavy atom. The van der Waals surface area contributed by atoms with Gasteiger partial charge >= 0.3 is 0 Å². The Hall–Kier alpha value is -1.03. The van der Waals surface area contributed by atoms with Gasteiger partial charge in [0.25, 0.3) is 0 Å². The average Bonchev–Trinajstić information content (AvgIpc) is 2.98. The Labute approximate surface area is 90.2 Å². The van der Waals surface area contributed by atoms with Crippen molar-refractivity contribution in [1.29, 1.82) is 0 Å². The van der Waals surface area contributed by atoms with Crippen LogP contribution in [0, 0.1) is 5.92 Å². The first-order chi connectivity index (χ1) is 7.08. The molecule has 0 atom stereocenters. The van der Waals surface area contributed by atoms with Gasteiger partial charge in [0.2, 0.25) is 0 Å². The van der Waals surface area contributed by atoms with Crippen LogP contribution in [0.2, 0.25) is 0 Å². The van der Waals surface area contributed by atoms with E-state index in [4.69, 9.17) is 5.73 Å². The third kappa shape index (κ3) is 2.72.